The van der Waals surface area contributed by atoms with Gasteiger partial charge in [0.25, 0.3) is 9.05 Å². The van der Waals surface area contributed by atoms with Crippen LogP contribution in [0.4, 0.5) is 0 Å². The fourth-order valence-electron chi connectivity index (χ4n) is 1.28. The van der Waals surface area contributed by atoms with E-state index in [-0.39, 0.29) is 10.6 Å². The first-order chi connectivity index (χ1) is 7.95. The number of hydrogen-bond acceptors (Lipinski definition) is 3. The van der Waals surface area contributed by atoms with Crippen LogP contribution in [0.1, 0.15) is 18.4 Å². The molecule has 0 bridgehead atoms. The Hall–Kier alpha value is -1.18. The maximum atomic E-state index is 11.3. The molecule has 1 aromatic rings. The van der Waals surface area contributed by atoms with E-state index in [4.69, 9.17) is 21.8 Å². The minimum Gasteiger partial charge on any atom is -0.492 e. The average molecular weight is 273 g/mol. The quantitative estimate of drug-likeness (QED) is 0.470. The molecule has 0 radical (unpaired) electrons. The second kappa shape index (κ2) is 5.95. The Morgan fingerprint density at radius 3 is 2.76 bits per heavy atom. The second-order valence-electron chi connectivity index (χ2n) is 3.54. The van der Waals surface area contributed by atoms with Crippen molar-refractivity contribution < 1.29 is 13.2 Å². The van der Waals surface area contributed by atoms with Gasteiger partial charge in [-0.05, 0) is 31.0 Å². The van der Waals surface area contributed by atoms with Gasteiger partial charge in [0.2, 0.25) is 0 Å². The van der Waals surface area contributed by atoms with Crippen molar-refractivity contribution in [2.45, 2.75) is 24.7 Å². The molecule has 92 valence electrons. The minimum atomic E-state index is -3.79. The SMILES string of the molecule is C#CCCCOc1ccc(C)cc1S(=O)(=O)Cl. The van der Waals surface area contributed by atoms with Gasteiger partial charge in [0, 0.05) is 17.1 Å². The van der Waals surface area contributed by atoms with Crippen molar-refractivity contribution in [1.82, 2.24) is 0 Å². The Bertz CT molecular complexity index is 529. The normalized spacial score (nSPS) is 10.9. The molecule has 0 fully saturated rings. The highest BCUT2D eigenvalue weighted by molar-refractivity contribution is 8.13. The van der Waals surface area contributed by atoms with Gasteiger partial charge in [-0.2, -0.15) is 0 Å². The third-order valence-electron chi connectivity index (χ3n) is 2.08. The van der Waals surface area contributed by atoms with Gasteiger partial charge >= 0.3 is 0 Å². The van der Waals surface area contributed by atoms with Crippen LogP contribution in [0.25, 0.3) is 0 Å². The van der Waals surface area contributed by atoms with E-state index in [9.17, 15) is 8.42 Å². The van der Waals surface area contributed by atoms with Gasteiger partial charge in [-0.25, -0.2) is 8.42 Å². The van der Waals surface area contributed by atoms with E-state index in [1.165, 1.54) is 6.07 Å². The number of ether oxygens (including phenoxy) is 1. The largest absolute Gasteiger partial charge is 0.492 e. The van der Waals surface area contributed by atoms with Crippen LogP contribution < -0.4 is 4.74 Å². The maximum Gasteiger partial charge on any atom is 0.264 e. The summed E-state index contributed by atoms with van der Waals surface area (Å²) < 4.78 is 28.1. The van der Waals surface area contributed by atoms with Crippen molar-refractivity contribution in [2.75, 3.05) is 6.61 Å². The molecular formula is C12H13ClO3S. The molecule has 1 aromatic carbocycles. The molecule has 0 aliphatic carbocycles. The first kappa shape index (κ1) is 13.9. The molecule has 0 aliphatic rings. The molecule has 0 saturated carbocycles. The summed E-state index contributed by atoms with van der Waals surface area (Å²) in [4.78, 5) is -0.000116. The van der Waals surface area contributed by atoms with Crippen LogP contribution in [0.15, 0.2) is 23.1 Å². The highest BCUT2D eigenvalue weighted by Crippen LogP contribution is 2.28. The fraction of sp³-hybridized carbons (Fsp3) is 0.333. The third-order valence-corrected chi connectivity index (χ3v) is 3.43. The molecule has 0 N–H and O–H groups in total. The van der Waals surface area contributed by atoms with Crippen LogP contribution in [0.2, 0.25) is 0 Å². The van der Waals surface area contributed by atoms with E-state index in [0.717, 1.165) is 5.56 Å². The van der Waals surface area contributed by atoms with E-state index in [0.29, 0.717) is 19.4 Å². The number of hydrogen-bond donors (Lipinski definition) is 0. The maximum absolute atomic E-state index is 11.3. The highest BCUT2D eigenvalue weighted by atomic mass is 35.7. The van der Waals surface area contributed by atoms with Gasteiger partial charge in [-0.3, -0.25) is 0 Å². The Labute approximate surface area is 106 Å². The molecule has 0 unspecified atom stereocenters. The second-order valence-corrected chi connectivity index (χ2v) is 6.08. The summed E-state index contributed by atoms with van der Waals surface area (Å²) in [6, 6.07) is 4.85. The van der Waals surface area contributed by atoms with Crippen LogP contribution in [-0.2, 0) is 9.05 Å². The van der Waals surface area contributed by atoms with Gasteiger partial charge < -0.3 is 4.74 Å². The van der Waals surface area contributed by atoms with E-state index in [2.05, 4.69) is 5.92 Å². The summed E-state index contributed by atoms with van der Waals surface area (Å²) in [6.45, 7) is 2.15. The van der Waals surface area contributed by atoms with Crippen molar-refractivity contribution >= 4 is 19.7 Å². The molecule has 0 heterocycles. The first-order valence-corrected chi connectivity index (χ1v) is 7.37. The molecule has 0 amide bonds. The predicted octanol–water partition coefficient (Wildman–Crippen LogP) is 2.71. The lowest BCUT2D eigenvalue weighted by Gasteiger charge is -2.09. The van der Waals surface area contributed by atoms with E-state index >= 15 is 0 Å². The van der Waals surface area contributed by atoms with Crippen molar-refractivity contribution in [2.24, 2.45) is 0 Å². The van der Waals surface area contributed by atoms with Gasteiger partial charge in [0.05, 0.1) is 6.61 Å². The van der Waals surface area contributed by atoms with Crippen molar-refractivity contribution in [1.29, 1.82) is 0 Å². The van der Waals surface area contributed by atoms with Crippen molar-refractivity contribution in [3.05, 3.63) is 23.8 Å². The molecule has 17 heavy (non-hydrogen) atoms. The van der Waals surface area contributed by atoms with Crippen LogP contribution in [0.3, 0.4) is 0 Å². The summed E-state index contributed by atoms with van der Waals surface area (Å²) in [5.41, 5.74) is 0.806. The summed E-state index contributed by atoms with van der Waals surface area (Å²) in [6.07, 6.45) is 6.37. The van der Waals surface area contributed by atoms with Crippen molar-refractivity contribution in [3.8, 4) is 18.1 Å². The topological polar surface area (TPSA) is 43.4 Å². The standard InChI is InChI=1S/C12H13ClO3S/c1-3-4-5-8-16-11-7-6-10(2)9-12(11)17(13,14)15/h1,6-7,9H,4-5,8H2,2H3. The lowest BCUT2D eigenvalue weighted by molar-refractivity contribution is 0.305. The molecule has 0 spiro atoms. The summed E-state index contributed by atoms with van der Waals surface area (Å²) in [5, 5.41) is 0. The van der Waals surface area contributed by atoms with Gasteiger partial charge in [0.15, 0.2) is 0 Å². The first-order valence-electron chi connectivity index (χ1n) is 5.06. The number of aryl methyl sites for hydroxylation is 1. The number of benzene rings is 1. The highest BCUT2D eigenvalue weighted by Gasteiger charge is 2.16. The molecule has 0 atom stereocenters. The predicted molar refractivity (Wildman–Crippen MR) is 67.8 cm³/mol. The number of unbranched alkanes of at least 4 members (excludes halogenated alkanes) is 1. The van der Waals surface area contributed by atoms with Crippen molar-refractivity contribution in [3.63, 3.8) is 0 Å². The van der Waals surface area contributed by atoms with Gasteiger partial charge in [0.1, 0.15) is 10.6 Å². The molecule has 5 heteroatoms. The summed E-state index contributed by atoms with van der Waals surface area (Å²) in [5.74, 6) is 2.75. The van der Waals surface area contributed by atoms with Crippen LogP contribution in [0, 0.1) is 19.3 Å². The average Bonchev–Trinajstić information content (AvgIpc) is 2.25. The lowest BCUT2D eigenvalue weighted by atomic mass is 10.2. The van der Waals surface area contributed by atoms with Gasteiger partial charge in [-0.1, -0.05) is 6.07 Å². The smallest absolute Gasteiger partial charge is 0.264 e. The summed E-state index contributed by atoms with van der Waals surface area (Å²) >= 11 is 0. The van der Waals surface area contributed by atoms with Crippen LogP contribution in [-0.4, -0.2) is 15.0 Å². The molecule has 0 aromatic heterocycles. The number of halogens is 1. The number of terminal acetylenes is 1. The monoisotopic (exact) mass is 272 g/mol. The van der Waals surface area contributed by atoms with E-state index in [1.54, 1.807) is 19.1 Å². The molecule has 3 nitrogen and oxygen atoms in total. The molecule has 0 aliphatic heterocycles. The van der Waals surface area contributed by atoms with E-state index in [1.807, 2.05) is 0 Å². The van der Waals surface area contributed by atoms with Crippen LogP contribution >= 0.6 is 10.7 Å². The Kier molecular flexibility index (Phi) is 4.86. The minimum absolute atomic E-state index is 0.000116. The molecule has 1 rings (SSSR count). The van der Waals surface area contributed by atoms with Crippen LogP contribution in [0.5, 0.6) is 5.75 Å². The Morgan fingerprint density at radius 1 is 1.47 bits per heavy atom. The lowest BCUT2D eigenvalue weighted by Crippen LogP contribution is -2.02. The zero-order chi connectivity index (χ0) is 12.9. The molecule has 0 saturated heterocycles. The Morgan fingerprint density at radius 2 is 2.18 bits per heavy atom. The Balaban J connectivity index is 2.89. The zero-order valence-corrected chi connectivity index (χ0v) is 11.0. The van der Waals surface area contributed by atoms with Gasteiger partial charge in [-0.15, -0.1) is 12.3 Å². The number of rotatable bonds is 5. The third kappa shape index (κ3) is 4.29. The van der Waals surface area contributed by atoms with E-state index < -0.39 is 9.05 Å². The molecular weight excluding hydrogens is 260 g/mol. The summed E-state index contributed by atoms with van der Waals surface area (Å²) in [7, 11) is 1.54. The zero-order valence-electron chi connectivity index (χ0n) is 9.44. The fourth-order valence-corrected chi connectivity index (χ4v) is 2.34.